The molecule has 1 aromatic carbocycles. The van der Waals surface area contributed by atoms with Gasteiger partial charge in [0.1, 0.15) is 5.54 Å². The predicted octanol–water partition coefficient (Wildman–Crippen LogP) is 3.44. The van der Waals surface area contributed by atoms with Gasteiger partial charge < -0.3 is 5.32 Å². The molecule has 2 heterocycles. The van der Waals surface area contributed by atoms with E-state index in [0.717, 1.165) is 35.9 Å². The van der Waals surface area contributed by atoms with Gasteiger partial charge in [0.05, 0.1) is 24.4 Å². The zero-order chi connectivity index (χ0) is 18.7. The van der Waals surface area contributed by atoms with Crippen molar-refractivity contribution in [2.24, 2.45) is 0 Å². The van der Waals surface area contributed by atoms with Crippen molar-refractivity contribution in [3.8, 4) is 6.07 Å². The van der Waals surface area contributed by atoms with Crippen molar-refractivity contribution in [2.75, 3.05) is 0 Å². The first kappa shape index (κ1) is 17.2. The first-order valence-corrected chi connectivity index (χ1v) is 9.28. The highest BCUT2D eigenvalue weighted by atomic mass is 16.1. The monoisotopic (exact) mass is 359 g/mol. The molecule has 0 atom stereocenters. The van der Waals surface area contributed by atoms with Crippen molar-refractivity contribution in [1.82, 2.24) is 20.1 Å². The number of fused-ring (bicyclic) bond motifs is 1. The molecule has 136 valence electrons. The number of carbonyl (C=O) groups is 1. The van der Waals surface area contributed by atoms with Crippen LogP contribution in [0.1, 0.15) is 48.0 Å². The summed E-state index contributed by atoms with van der Waals surface area (Å²) in [7, 11) is 0. The maximum atomic E-state index is 12.7. The summed E-state index contributed by atoms with van der Waals surface area (Å²) in [5.74, 6) is -0.247. The molecule has 2 aromatic heterocycles. The molecule has 4 rings (SSSR count). The van der Waals surface area contributed by atoms with E-state index >= 15 is 0 Å². The molecular weight excluding hydrogens is 338 g/mol. The fraction of sp³-hybridized carbons (Fsp3) is 0.333. The second-order valence-electron chi connectivity index (χ2n) is 7.13. The summed E-state index contributed by atoms with van der Waals surface area (Å²) in [6.07, 6.45) is 7.76. The van der Waals surface area contributed by atoms with Gasteiger partial charge in [-0.2, -0.15) is 10.4 Å². The van der Waals surface area contributed by atoms with Crippen LogP contribution in [-0.2, 0) is 6.54 Å². The molecule has 6 heteroatoms. The normalized spacial score (nSPS) is 16.0. The van der Waals surface area contributed by atoms with Crippen LogP contribution in [0, 0.1) is 11.3 Å². The standard InChI is InChI=1S/C21H21N5O/c22-15-21(9-5-2-6-10-21)25-20(27)18-11-17-13-24-26(19(17)23-12-18)14-16-7-3-1-4-8-16/h1,3-4,7-8,11-13H,2,5-6,9-10,14H2,(H,25,27). The van der Waals surface area contributed by atoms with Crippen LogP contribution in [0.4, 0.5) is 0 Å². The van der Waals surface area contributed by atoms with E-state index in [1.165, 1.54) is 0 Å². The molecule has 0 saturated heterocycles. The molecule has 0 unspecified atom stereocenters. The lowest BCUT2D eigenvalue weighted by molar-refractivity contribution is 0.0902. The highest BCUT2D eigenvalue weighted by Crippen LogP contribution is 2.28. The van der Waals surface area contributed by atoms with Gasteiger partial charge in [-0.05, 0) is 24.5 Å². The second kappa shape index (κ2) is 7.20. The van der Waals surface area contributed by atoms with Crippen LogP contribution >= 0.6 is 0 Å². The molecule has 1 aliphatic rings. The highest BCUT2D eigenvalue weighted by Gasteiger charge is 2.33. The minimum Gasteiger partial charge on any atom is -0.334 e. The third-order valence-electron chi connectivity index (χ3n) is 5.19. The number of nitrogens with one attached hydrogen (secondary N) is 1. The van der Waals surface area contributed by atoms with E-state index in [2.05, 4.69) is 21.5 Å². The minimum absolute atomic E-state index is 0.247. The second-order valence-corrected chi connectivity index (χ2v) is 7.13. The Morgan fingerprint density at radius 1 is 1.19 bits per heavy atom. The van der Waals surface area contributed by atoms with Crippen molar-refractivity contribution < 1.29 is 4.79 Å². The minimum atomic E-state index is -0.748. The number of hydrogen-bond donors (Lipinski definition) is 1. The van der Waals surface area contributed by atoms with E-state index in [-0.39, 0.29) is 5.91 Å². The van der Waals surface area contributed by atoms with Crippen LogP contribution in [0.15, 0.2) is 48.8 Å². The van der Waals surface area contributed by atoms with Crippen LogP contribution in [0.3, 0.4) is 0 Å². The van der Waals surface area contributed by atoms with Gasteiger partial charge in [-0.3, -0.25) is 4.79 Å². The molecule has 1 saturated carbocycles. The summed E-state index contributed by atoms with van der Waals surface area (Å²) in [6.45, 7) is 0.625. The average molecular weight is 359 g/mol. The molecule has 27 heavy (non-hydrogen) atoms. The SMILES string of the molecule is N#CC1(NC(=O)c2cnc3c(cnn3Cc3ccccc3)c2)CCCCC1. The molecule has 0 bridgehead atoms. The van der Waals surface area contributed by atoms with Crippen molar-refractivity contribution in [2.45, 2.75) is 44.2 Å². The van der Waals surface area contributed by atoms with E-state index in [4.69, 9.17) is 0 Å². The van der Waals surface area contributed by atoms with Crippen LogP contribution < -0.4 is 5.32 Å². The number of benzene rings is 1. The lowest BCUT2D eigenvalue weighted by Crippen LogP contribution is -2.48. The lowest BCUT2D eigenvalue weighted by Gasteiger charge is -2.31. The largest absolute Gasteiger partial charge is 0.334 e. The number of pyridine rings is 1. The number of nitrogens with zero attached hydrogens (tertiary/aromatic N) is 4. The number of aromatic nitrogens is 3. The Labute approximate surface area is 157 Å². The van der Waals surface area contributed by atoms with Gasteiger partial charge in [-0.15, -0.1) is 0 Å². The fourth-order valence-electron chi connectivity index (χ4n) is 3.68. The summed E-state index contributed by atoms with van der Waals surface area (Å²) in [5.41, 5.74) is 1.59. The lowest BCUT2D eigenvalue weighted by atomic mass is 9.82. The summed E-state index contributed by atoms with van der Waals surface area (Å²) < 4.78 is 1.82. The molecule has 1 fully saturated rings. The molecule has 1 aliphatic carbocycles. The molecular formula is C21H21N5O. The fourth-order valence-corrected chi connectivity index (χ4v) is 3.68. The zero-order valence-corrected chi connectivity index (χ0v) is 15.1. The van der Waals surface area contributed by atoms with Gasteiger partial charge >= 0.3 is 0 Å². The molecule has 3 aromatic rings. The topological polar surface area (TPSA) is 83.6 Å². The Balaban J connectivity index is 1.55. The maximum Gasteiger partial charge on any atom is 0.254 e. The summed E-state index contributed by atoms with van der Waals surface area (Å²) in [5, 5.41) is 17.7. The Kier molecular flexibility index (Phi) is 4.59. The number of hydrogen-bond acceptors (Lipinski definition) is 4. The van der Waals surface area contributed by atoms with Crippen LogP contribution in [0.5, 0.6) is 0 Å². The van der Waals surface area contributed by atoms with Crippen LogP contribution in [-0.4, -0.2) is 26.2 Å². The van der Waals surface area contributed by atoms with E-state index in [9.17, 15) is 10.1 Å². The summed E-state index contributed by atoms with van der Waals surface area (Å²) in [6, 6.07) is 14.2. The highest BCUT2D eigenvalue weighted by molar-refractivity contribution is 5.97. The van der Waals surface area contributed by atoms with Crippen molar-refractivity contribution in [3.63, 3.8) is 0 Å². The van der Waals surface area contributed by atoms with E-state index < -0.39 is 5.54 Å². The van der Waals surface area contributed by atoms with Crippen molar-refractivity contribution >= 4 is 16.9 Å². The Bertz CT molecular complexity index is 996. The average Bonchev–Trinajstić information content (AvgIpc) is 3.11. The molecule has 1 amide bonds. The maximum absolute atomic E-state index is 12.7. The van der Waals surface area contributed by atoms with Gasteiger partial charge in [0.25, 0.3) is 5.91 Å². The predicted molar refractivity (Wildman–Crippen MR) is 102 cm³/mol. The van der Waals surface area contributed by atoms with Crippen LogP contribution in [0.2, 0.25) is 0 Å². The van der Waals surface area contributed by atoms with Gasteiger partial charge in [0, 0.05) is 11.6 Å². The zero-order valence-electron chi connectivity index (χ0n) is 15.1. The number of amides is 1. The Morgan fingerprint density at radius 3 is 2.70 bits per heavy atom. The number of carbonyl (C=O) groups excluding carboxylic acids is 1. The number of rotatable bonds is 4. The van der Waals surface area contributed by atoms with Gasteiger partial charge in [0.15, 0.2) is 5.65 Å². The summed E-state index contributed by atoms with van der Waals surface area (Å²) >= 11 is 0. The third kappa shape index (κ3) is 3.54. The quantitative estimate of drug-likeness (QED) is 0.773. The van der Waals surface area contributed by atoms with Crippen molar-refractivity contribution in [3.05, 3.63) is 59.9 Å². The van der Waals surface area contributed by atoms with Gasteiger partial charge in [0.2, 0.25) is 0 Å². The van der Waals surface area contributed by atoms with E-state index in [0.29, 0.717) is 24.9 Å². The van der Waals surface area contributed by atoms with E-state index in [1.54, 1.807) is 18.5 Å². The Morgan fingerprint density at radius 2 is 1.96 bits per heavy atom. The van der Waals surface area contributed by atoms with Gasteiger partial charge in [-0.1, -0.05) is 49.6 Å². The molecule has 0 aliphatic heterocycles. The van der Waals surface area contributed by atoms with Crippen molar-refractivity contribution in [1.29, 1.82) is 5.26 Å². The van der Waals surface area contributed by atoms with E-state index in [1.807, 2.05) is 35.0 Å². The summed E-state index contributed by atoms with van der Waals surface area (Å²) in [4.78, 5) is 17.1. The third-order valence-corrected chi connectivity index (χ3v) is 5.19. The molecule has 1 N–H and O–H groups in total. The first-order chi connectivity index (χ1) is 13.2. The van der Waals surface area contributed by atoms with Crippen LogP contribution in [0.25, 0.3) is 11.0 Å². The number of nitriles is 1. The van der Waals surface area contributed by atoms with Gasteiger partial charge in [-0.25, -0.2) is 9.67 Å². The first-order valence-electron chi connectivity index (χ1n) is 9.28. The smallest absolute Gasteiger partial charge is 0.254 e. The Hall–Kier alpha value is -3.20. The molecule has 6 nitrogen and oxygen atoms in total. The molecule has 0 radical (unpaired) electrons. The molecule has 0 spiro atoms.